The monoisotopic (exact) mass is 546 g/mol. The molecule has 39 heavy (non-hydrogen) atoms. The number of para-hydroxylation sites is 1. The zero-order chi connectivity index (χ0) is 29.3. The van der Waals surface area contributed by atoms with Crippen molar-refractivity contribution in [2.24, 2.45) is 17.4 Å². The average molecular weight is 547 g/mol. The molecule has 0 bridgehead atoms. The Hall–Kier alpha value is -3.97. The number of benzene rings is 1. The Balaban J connectivity index is 2.35. The summed E-state index contributed by atoms with van der Waals surface area (Å²) in [7, 11) is 0. The minimum absolute atomic E-state index is 0.000716. The number of aromatic amines is 1. The minimum Gasteiger partial charge on any atom is -0.480 e. The normalized spacial score (nSPS) is 15.1. The maximum absolute atomic E-state index is 13.3. The molecular formula is C26H38N6O7. The van der Waals surface area contributed by atoms with E-state index in [1.165, 1.54) is 6.92 Å². The zero-order valence-corrected chi connectivity index (χ0v) is 22.3. The SMILES string of the molecule is CC(C)CC(NC(=O)C(Cc1c[nH]c2ccccc12)NC(=O)C(CCC(N)=O)NC(=O)C(N)C(C)O)C(=O)O. The molecule has 10 N–H and O–H groups in total. The van der Waals surface area contributed by atoms with Crippen molar-refractivity contribution in [3.8, 4) is 0 Å². The van der Waals surface area contributed by atoms with E-state index >= 15 is 0 Å². The first kappa shape index (κ1) is 31.2. The summed E-state index contributed by atoms with van der Waals surface area (Å²) in [5, 5.41) is 27.5. The highest BCUT2D eigenvalue weighted by Crippen LogP contribution is 2.19. The second-order valence-corrected chi connectivity index (χ2v) is 9.99. The van der Waals surface area contributed by atoms with E-state index in [9.17, 15) is 34.2 Å². The third kappa shape index (κ3) is 9.37. The molecule has 1 aromatic carbocycles. The van der Waals surface area contributed by atoms with Gasteiger partial charge in [-0.05, 0) is 37.3 Å². The Morgan fingerprint density at radius 3 is 2.10 bits per heavy atom. The van der Waals surface area contributed by atoms with Crippen LogP contribution >= 0.6 is 0 Å². The van der Waals surface area contributed by atoms with Crippen LogP contribution in [-0.2, 0) is 30.4 Å². The third-order valence-electron chi connectivity index (χ3n) is 6.19. The van der Waals surface area contributed by atoms with Crippen molar-refractivity contribution in [3.63, 3.8) is 0 Å². The Bertz CT molecular complexity index is 1180. The number of aromatic nitrogens is 1. The maximum Gasteiger partial charge on any atom is 0.326 e. The molecule has 5 atom stereocenters. The molecule has 13 nitrogen and oxygen atoms in total. The fourth-order valence-electron chi connectivity index (χ4n) is 4.01. The molecule has 0 aliphatic carbocycles. The molecule has 0 radical (unpaired) electrons. The van der Waals surface area contributed by atoms with E-state index in [0.29, 0.717) is 5.56 Å². The van der Waals surface area contributed by atoms with Crippen molar-refractivity contribution in [2.75, 3.05) is 0 Å². The van der Waals surface area contributed by atoms with E-state index in [2.05, 4.69) is 20.9 Å². The lowest BCUT2D eigenvalue weighted by atomic mass is 10.0. The summed E-state index contributed by atoms with van der Waals surface area (Å²) in [6, 6.07) is 2.27. The van der Waals surface area contributed by atoms with E-state index in [0.717, 1.165) is 10.9 Å². The first-order chi connectivity index (χ1) is 18.3. The number of primary amides is 1. The van der Waals surface area contributed by atoms with Crippen molar-refractivity contribution in [1.29, 1.82) is 0 Å². The minimum atomic E-state index is -1.34. The molecule has 1 aromatic heterocycles. The molecular weight excluding hydrogens is 508 g/mol. The van der Waals surface area contributed by atoms with Crippen LogP contribution in [0.15, 0.2) is 30.5 Å². The molecule has 0 saturated heterocycles. The Morgan fingerprint density at radius 1 is 0.923 bits per heavy atom. The van der Waals surface area contributed by atoms with E-state index in [1.54, 1.807) is 6.20 Å². The van der Waals surface area contributed by atoms with Crippen molar-refractivity contribution < 1.29 is 34.2 Å². The number of H-pyrrole nitrogens is 1. The molecule has 2 rings (SSSR count). The Labute approximate surface area is 226 Å². The number of hydrogen-bond acceptors (Lipinski definition) is 7. The Morgan fingerprint density at radius 2 is 1.51 bits per heavy atom. The number of hydrogen-bond donors (Lipinski definition) is 8. The highest BCUT2D eigenvalue weighted by Gasteiger charge is 2.32. The van der Waals surface area contributed by atoms with Gasteiger partial charge < -0.3 is 42.6 Å². The largest absolute Gasteiger partial charge is 0.480 e. The van der Waals surface area contributed by atoms with Crippen molar-refractivity contribution in [1.82, 2.24) is 20.9 Å². The molecule has 1 heterocycles. The molecule has 0 aliphatic heterocycles. The van der Waals surface area contributed by atoms with Crippen LogP contribution < -0.4 is 27.4 Å². The highest BCUT2D eigenvalue weighted by molar-refractivity contribution is 5.95. The van der Waals surface area contributed by atoms with Gasteiger partial charge in [0, 0.05) is 29.9 Å². The number of rotatable bonds is 15. The first-order valence-electron chi connectivity index (χ1n) is 12.7. The number of aliphatic hydroxyl groups excluding tert-OH is 1. The molecule has 4 amide bonds. The zero-order valence-electron chi connectivity index (χ0n) is 22.3. The third-order valence-corrected chi connectivity index (χ3v) is 6.19. The van der Waals surface area contributed by atoms with Gasteiger partial charge in [0.2, 0.25) is 23.6 Å². The van der Waals surface area contributed by atoms with Gasteiger partial charge in [0.05, 0.1) is 6.10 Å². The summed E-state index contributed by atoms with van der Waals surface area (Å²) in [6.45, 7) is 4.94. The van der Waals surface area contributed by atoms with E-state index in [1.807, 2.05) is 38.1 Å². The van der Waals surface area contributed by atoms with Crippen LogP contribution in [-0.4, -0.2) is 75.1 Å². The molecule has 13 heteroatoms. The number of carboxylic acid groups (broad SMARTS) is 1. The van der Waals surface area contributed by atoms with Gasteiger partial charge in [0.15, 0.2) is 0 Å². The van der Waals surface area contributed by atoms with Gasteiger partial charge in [-0.2, -0.15) is 0 Å². The summed E-state index contributed by atoms with van der Waals surface area (Å²) in [4.78, 5) is 65.3. The van der Waals surface area contributed by atoms with Gasteiger partial charge in [0.25, 0.3) is 0 Å². The molecule has 0 aliphatic rings. The van der Waals surface area contributed by atoms with Gasteiger partial charge in [-0.3, -0.25) is 19.2 Å². The standard InChI is InChI=1S/C26H38N6O7/c1-13(2)10-20(26(38)39)32-24(36)19(11-15-12-29-17-7-5-4-6-16(15)17)31-23(35)18(8-9-21(27)34)30-25(37)22(28)14(3)33/h4-7,12-14,18-20,22,29,33H,8-11,28H2,1-3H3,(H2,27,34)(H,30,37)(H,31,35)(H,32,36)(H,38,39). The lowest BCUT2D eigenvalue weighted by Gasteiger charge is -2.26. The number of carbonyl (C=O) groups is 5. The molecule has 0 fully saturated rings. The second-order valence-electron chi connectivity index (χ2n) is 9.99. The summed E-state index contributed by atoms with van der Waals surface area (Å²) < 4.78 is 0. The van der Waals surface area contributed by atoms with Gasteiger partial charge in [-0.15, -0.1) is 0 Å². The van der Waals surface area contributed by atoms with Crippen LogP contribution in [0.25, 0.3) is 10.9 Å². The number of aliphatic carboxylic acids is 1. The van der Waals surface area contributed by atoms with Crippen LogP contribution in [0.1, 0.15) is 45.6 Å². The van der Waals surface area contributed by atoms with E-state index < -0.39 is 59.9 Å². The van der Waals surface area contributed by atoms with Crippen LogP contribution in [0, 0.1) is 5.92 Å². The van der Waals surface area contributed by atoms with Gasteiger partial charge >= 0.3 is 5.97 Å². The summed E-state index contributed by atoms with van der Waals surface area (Å²) in [5.74, 6) is -4.34. The fourth-order valence-corrected chi connectivity index (χ4v) is 4.01. The van der Waals surface area contributed by atoms with Crippen molar-refractivity contribution >= 4 is 40.5 Å². The number of carboxylic acids is 1. The summed E-state index contributed by atoms with van der Waals surface area (Å²) in [5.41, 5.74) is 12.4. The molecule has 2 aromatic rings. The number of carbonyl (C=O) groups excluding carboxylic acids is 4. The summed E-state index contributed by atoms with van der Waals surface area (Å²) in [6.07, 6.45) is 0.207. The quantitative estimate of drug-likeness (QED) is 0.142. The predicted molar refractivity (Wildman–Crippen MR) is 143 cm³/mol. The van der Waals surface area contributed by atoms with Crippen molar-refractivity contribution in [2.45, 2.75) is 76.7 Å². The van der Waals surface area contributed by atoms with Crippen LogP contribution in [0.3, 0.4) is 0 Å². The number of fused-ring (bicyclic) bond motifs is 1. The maximum atomic E-state index is 13.3. The van der Waals surface area contributed by atoms with E-state index in [4.69, 9.17) is 11.5 Å². The average Bonchev–Trinajstić information content (AvgIpc) is 3.27. The second kappa shape index (κ2) is 14.3. The van der Waals surface area contributed by atoms with Gasteiger partial charge in [-0.1, -0.05) is 32.0 Å². The number of nitrogens with one attached hydrogen (secondary N) is 4. The smallest absolute Gasteiger partial charge is 0.326 e. The lowest BCUT2D eigenvalue weighted by Crippen LogP contribution is -2.58. The fraction of sp³-hybridized carbons (Fsp3) is 0.500. The molecule has 5 unspecified atom stereocenters. The van der Waals surface area contributed by atoms with Crippen molar-refractivity contribution in [3.05, 3.63) is 36.0 Å². The van der Waals surface area contributed by atoms with Crippen LogP contribution in [0.5, 0.6) is 0 Å². The number of aliphatic hydroxyl groups is 1. The Kier molecular flexibility index (Phi) is 11.4. The lowest BCUT2D eigenvalue weighted by molar-refractivity contribution is -0.142. The summed E-state index contributed by atoms with van der Waals surface area (Å²) >= 11 is 0. The molecule has 0 spiro atoms. The molecule has 0 saturated carbocycles. The first-order valence-corrected chi connectivity index (χ1v) is 12.7. The highest BCUT2D eigenvalue weighted by atomic mass is 16.4. The number of amides is 4. The van der Waals surface area contributed by atoms with Crippen LogP contribution in [0.2, 0.25) is 0 Å². The molecule has 214 valence electrons. The van der Waals surface area contributed by atoms with Gasteiger partial charge in [-0.25, -0.2) is 4.79 Å². The van der Waals surface area contributed by atoms with Gasteiger partial charge in [0.1, 0.15) is 24.2 Å². The van der Waals surface area contributed by atoms with E-state index in [-0.39, 0.29) is 31.6 Å². The predicted octanol–water partition coefficient (Wildman–Crippen LogP) is -0.731. The topological polar surface area (TPSA) is 230 Å². The number of nitrogens with two attached hydrogens (primary N) is 2. The van der Waals surface area contributed by atoms with Crippen LogP contribution in [0.4, 0.5) is 0 Å².